The van der Waals surface area contributed by atoms with Crippen molar-refractivity contribution in [1.82, 2.24) is 51.0 Å². The molecule has 6 aliphatic carbocycles. The van der Waals surface area contributed by atoms with Gasteiger partial charge < -0.3 is 52.1 Å². The molecule has 14 atom stereocenters. The van der Waals surface area contributed by atoms with Gasteiger partial charge in [0.05, 0.1) is 18.4 Å². The van der Waals surface area contributed by atoms with E-state index in [-0.39, 0.29) is 119 Å². The molecule has 4 heterocycles. The van der Waals surface area contributed by atoms with Crippen molar-refractivity contribution >= 4 is 58.8 Å². The second kappa shape index (κ2) is 35.8. The Hall–Kier alpha value is -6.66. The zero-order valence-corrected chi connectivity index (χ0v) is 60.0. The van der Waals surface area contributed by atoms with E-state index in [1.807, 2.05) is 55.4 Å². The summed E-state index contributed by atoms with van der Waals surface area (Å²) in [6, 6.07) is -4.52. The highest BCUT2D eigenvalue weighted by Gasteiger charge is 2.54. The van der Waals surface area contributed by atoms with Crippen LogP contribution in [-0.4, -0.2) is 171 Å². The number of aliphatic hydroxyl groups excluding tert-OH is 2. The normalized spacial score (nSPS) is 24.8. The topological polar surface area (TPSA) is 364 Å². The number of carboxylic acids is 1. The van der Waals surface area contributed by atoms with Crippen LogP contribution in [0.5, 0.6) is 0 Å². The number of aliphatic carboxylic acids is 1. The standard InChI is InChI=1S/C37H56N6O6.C28H40N4O5.C10H19NO2/c1-5-10-27(31(45)35(48)40-24-15-16-24)41-34(47)30-25-14-9-13-23(25)21-43(30)36(49)32(37(2,3)4)42-33(46)26(22-11-7-6-8-12-22)19-29(44)28-20-38-17-18-39-28;1-28(2,3)24(26(35)32-16-18-10-7-11-19(18)23(32)27(36)37)31-25(34)20(17-8-5-4-6-9-17)14-22(33)21-15-29-12-13-30-21;1-2-3-8(11)10(13)9(12)6-7-4-5-7/h17-18,20,22-27,30-32,45H,5-16,19,21H2,1-4H3,(H,40,48)(H,41,47)(H,42,46);12-13,15,17-20,23-24H,4-11,14,16H2,1-3H3,(H,31,34)(H,36,37);7-8,10,13H,2-6,11H2,1H3/t23-,25-,26-,27-,30-,31?,32+;18-,19-,20-,23-,24+;8-,10?/m000/s1. The lowest BCUT2D eigenvalue weighted by Gasteiger charge is -2.38. The molecule has 0 radical (unpaired) electrons. The molecule has 6 saturated carbocycles. The maximum Gasteiger partial charge on any atom is 0.326 e. The Morgan fingerprint density at radius 3 is 1.40 bits per heavy atom. The zero-order chi connectivity index (χ0) is 71.9. The molecular weight excluding hydrogens is 1260 g/mol. The Balaban J connectivity index is 0.000000219. The number of rotatable bonds is 28. The summed E-state index contributed by atoms with van der Waals surface area (Å²) >= 11 is 0. The third kappa shape index (κ3) is 21.2. The lowest BCUT2D eigenvalue weighted by Crippen LogP contribution is -2.61. The summed E-state index contributed by atoms with van der Waals surface area (Å²) in [5.41, 5.74) is 4.76. The molecule has 8 aliphatic rings. The maximum atomic E-state index is 14.6. The van der Waals surface area contributed by atoms with Crippen molar-refractivity contribution in [3.8, 4) is 0 Å². The average molecular weight is 1380 g/mol. The van der Waals surface area contributed by atoms with Crippen LogP contribution in [-0.2, 0) is 38.4 Å². The lowest BCUT2D eigenvalue weighted by atomic mass is 9.76. The first-order chi connectivity index (χ1) is 47.1. The summed E-state index contributed by atoms with van der Waals surface area (Å²) in [7, 11) is 0. The fourth-order valence-corrected chi connectivity index (χ4v) is 16.4. The van der Waals surface area contributed by atoms with Crippen LogP contribution in [0, 0.1) is 64.1 Å². The average Bonchev–Trinajstić information content (AvgIpc) is 1.64. The van der Waals surface area contributed by atoms with Gasteiger partial charge in [0.25, 0.3) is 5.91 Å². The van der Waals surface area contributed by atoms with Gasteiger partial charge in [-0.25, -0.2) is 14.8 Å². The van der Waals surface area contributed by atoms with Gasteiger partial charge in [0, 0.05) is 81.1 Å². The minimum atomic E-state index is -1.39. The van der Waals surface area contributed by atoms with Crippen molar-refractivity contribution in [2.75, 3.05) is 13.1 Å². The molecule has 2 aliphatic heterocycles. The molecule has 0 aromatic carbocycles. The first-order valence-corrected chi connectivity index (χ1v) is 37.4. The Morgan fingerprint density at radius 2 is 1.00 bits per heavy atom. The number of hydrogen-bond donors (Lipinski definition) is 8. The Morgan fingerprint density at radius 1 is 0.545 bits per heavy atom. The summed E-state index contributed by atoms with van der Waals surface area (Å²) in [6.45, 7) is 16.1. The summed E-state index contributed by atoms with van der Waals surface area (Å²) in [6.07, 6.45) is 28.7. The SMILES string of the molecule is CC(C)(C)[C@H](NC(=O)[C@@H](CC(=O)c1cnccn1)C1CCCCC1)C(=O)N1C[C@@H]2CCC[C@@H]2[C@H]1C(=O)O.CCC[C@H](N)C(O)C(=O)CC1CC1.CCC[C@H](NC(=O)[C@@H]1[C@H]2CCC[C@H]2CN1C(=O)[C@@H](NC(=O)[C@@H](CC(=O)c1cnccn1)C1CCCCC1)C(C)(C)C)C(O)C(=O)NC1CC1. The fourth-order valence-electron chi connectivity index (χ4n) is 16.4. The van der Waals surface area contributed by atoms with Crippen LogP contribution in [0.3, 0.4) is 0 Å². The number of ketones is 3. The Labute approximate surface area is 585 Å². The highest BCUT2D eigenvalue weighted by molar-refractivity contribution is 6.00. The molecule has 0 bridgehead atoms. The number of carbonyl (C=O) groups excluding carboxylic acids is 9. The van der Waals surface area contributed by atoms with Gasteiger partial charge >= 0.3 is 5.97 Å². The van der Waals surface area contributed by atoms with Gasteiger partial charge in [-0.05, 0) is 142 Å². The molecule has 548 valence electrons. The molecule has 24 heteroatoms. The molecule has 99 heavy (non-hydrogen) atoms. The fraction of sp³-hybridized carbons (Fsp3) is 0.760. The summed E-state index contributed by atoms with van der Waals surface area (Å²) < 4.78 is 0. The van der Waals surface area contributed by atoms with E-state index in [4.69, 9.17) is 5.73 Å². The molecule has 10 rings (SSSR count). The van der Waals surface area contributed by atoms with Crippen LogP contribution in [0.25, 0.3) is 0 Å². The minimum absolute atomic E-state index is 0.00581. The number of nitrogens with one attached hydrogen (secondary N) is 4. The van der Waals surface area contributed by atoms with E-state index in [9.17, 15) is 63.3 Å². The number of Topliss-reactive ketones (excluding diaryl/α,β-unsaturated/α-hetero) is 3. The predicted octanol–water partition coefficient (Wildman–Crippen LogP) is 7.66. The minimum Gasteiger partial charge on any atom is -0.480 e. The van der Waals surface area contributed by atoms with E-state index in [1.54, 1.807) is 4.90 Å². The van der Waals surface area contributed by atoms with Crippen LogP contribution in [0.4, 0.5) is 0 Å². The molecule has 9 N–H and O–H groups in total. The summed E-state index contributed by atoms with van der Waals surface area (Å²) in [4.78, 5) is 153. The van der Waals surface area contributed by atoms with Gasteiger partial charge in [-0.2, -0.15) is 0 Å². The van der Waals surface area contributed by atoms with Crippen molar-refractivity contribution in [3.63, 3.8) is 0 Å². The molecule has 8 fully saturated rings. The van der Waals surface area contributed by atoms with E-state index in [0.29, 0.717) is 38.3 Å². The van der Waals surface area contributed by atoms with E-state index in [2.05, 4.69) is 41.2 Å². The van der Waals surface area contributed by atoms with Crippen LogP contribution >= 0.6 is 0 Å². The second-order valence-electron chi connectivity index (χ2n) is 32.1. The predicted molar refractivity (Wildman–Crippen MR) is 370 cm³/mol. The molecule has 0 spiro atoms. The van der Waals surface area contributed by atoms with Crippen molar-refractivity contribution in [2.24, 2.45) is 69.8 Å². The molecule has 24 nitrogen and oxygen atoms in total. The third-order valence-electron chi connectivity index (χ3n) is 22.3. The molecule has 2 aromatic rings. The zero-order valence-electron chi connectivity index (χ0n) is 60.0. The summed E-state index contributed by atoms with van der Waals surface area (Å²) in [5, 5.41) is 42.3. The smallest absolute Gasteiger partial charge is 0.326 e. The largest absolute Gasteiger partial charge is 0.480 e. The molecule has 2 unspecified atom stereocenters. The van der Waals surface area contributed by atoms with Crippen molar-refractivity contribution in [2.45, 2.75) is 283 Å². The molecule has 2 aromatic heterocycles. The van der Waals surface area contributed by atoms with Gasteiger partial charge in [0.15, 0.2) is 23.5 Å². The monoisotopic (exact) mass is 1380 g/mol. The first-order valence-electron chi connectivity index (χ1n) is 37.4. The maximum absolute atomic E-state index is 14.6. The van der Waals surface area contributed by atoms with Crippen molar-refractivity contribution < 1.29 is 63.3 Å². The number of fused-ring (bicyclic) bond motifs is 2. The Kier molecular flexibility index (Phi) is 28.2. The number of aliphatic hydroxyl groups is 2. The van der Waals surface area contributed by atoms with Crippen molar-refractivity contribution in [3.05, 3.63) is 48.6 Å². The quantitative estimate of drug-likeness (QED) is 0.0379. The number of carbonyl (C=O) groups is 10. The van der Waals surface area contributed by atoms with Gasteiger partial charge in [-0.15, -0.1) is 0 Å². The lowest BCUT2D eigenvalue weighted by molar-refractivity contribution is -0.152. The third-order valence-corrected chi connectivity index (χ3v) is 22.3. The van der Waals surface area contributed by atoms with Crippen LogP contribution in [0.1, 0.15) is 250 Å². The highest BCUT2D eigenvalue weighted by atomic mass is 16.4. The van der Waals surface area contributed by atoms with E-state index in [1.165, 1.54) is 42.1 Å². The number of carboxylic acid groups (broad SMARTS) is 1. The number of likely N-dealkylation sites (tertiary alicyclic amines) is 2. The van der Waals surface area contributed by atoms with Gasteiger partial charge in [-0.3, -0.25) is 53.1 Å². The van der Waals surface area contributed by atoms with E-state index in [0.717, 1.165) is 141 Å². The molecule has 2 saturated heterocycles. The second-order valence-corrected chi connectivity index (χ2v) is 32.1. The number of aromatic nitrogens is 4. The van der Waals surface area contributed by atoms with E-state index >= 15 is 0 Å². The van der Waals surface area contributed by atoms with Crippen molar-refractivity contribution in [1.29, 1.82) is 0 Å². The highest BCUT2D eigenvalue weighted by Crippen LogP contribution is 2.45. The Bertz CT molecular complexity index is 3070. The van der Waals surface area contributed by atoms with Gasteiger partial charge in [0.1, 0.15) is 41.7 Å². The number of hydrogen-bond acceptors (Lipinski definition) is 17. The number of nitrogens with zero attached hydrogens (tertiary/aromatic N) is 6. The number of nitrogens with two attached hydrogens (primary N) is 1. The molecular formula is C75H115N11O13. The van der Waals surface area contributed by atoms with E-state index < -0.39 is 77.0 Å². The van der Waals surface area contributed by atoms with Crippen LogP contribution in [0.15, 0.2) is 37.2 Å². The number of amides is 6. The molecule has 6 amide bonds. The van der Waals surface area contributed by atoms with Gasteiger partial charge in [-0.1, -0.05) is 120 Å². The van der Waals surface area contributed by atoms with Crippen LogP contribution in [0.2, 0.25) is 0 Å². The summed E-state index contributed by atoms with van der Waals surface area (Å²) in [5.74, 6) is -4.03. The van der Waals surface area contributed by atoms with Crippen LogP contribution < -0.4 is 27.0 Å². The first kappa shape index (κ1) is 78.1. The van der Waals surface area contributed by atoms with Gasteiger partial charge in [0.2, 0.25) is 29.5 Å².